The average molecular weight is 231 g/mol. The molecule has 0 aliphatic carbocycles. The number of aryl methyl sites for hydroxylation is 1. The Morgan fingerprint density at radius 1 is 1.19 bits per heavy atom. The Balaban J connectivity index is 2.27. The standard InChI is InChI=1S/C13H13NOS/c1-10-12(8-9-15-10)13(16)14(2)11-6-4-3-5-7-11/h3-9H,1-2H3. The molecule has 1 heterocycles. The first kappa shape index (κ1) is 10.9. The highest BCUT2D eigenvalue weighted by atomic mass is 32.1. The Labute approximate surface area is 100 Å². The summed E-state index contributed by atoms with van der Waals surface area (Å²) in [6, 6.07) is 11.9. The van der Waals surface area contributed by atoms with E-state index < -0.39 is 0 Å². The topological polar surface area (TPSA) is 16.4 Å². The van der Waals surface area contributed by atoms with Gasteiger partial charge < -0.3 is 9.32 Å². The van der Waals surface area contributed by atoms with Crippen LogP contribution in [0.4, 0.5) is 5.69 Å². The Bertz CT molecular complexity index is 490. The van der Waals surface area contributed by atoms with E-state index in [1.807, 2.05) is 55.3 Å². The van der Waals surface area contributed by atoms with Crippen molar-refractivity contribution in [2.75, 3.05) is 11.9 Å². The molecule has 0 saturated heterocycles. The maximum Gasteiger partial charge on any atom is 0.116 e. The first-order valence-electron chi connectivity index (χ1n) is 5.07. The number of para-hydroxylation sites is 1. The number of benzene rings is 1. The lowest BCUT2D eigenvalue weighted by Gasteiger charge is -2.19. The highest BCUT2D eigenvalue weighted by molar-refractivity contribution is 7.81. The van der Waals surface area contributed by atoms with Gasteiger partial charge in [-0.2, -0.15) is 0 Å². The summed E-state index contributed by atoms with van der Waals surface area (Å²) in [5.41, 5.74) is 2.05. The maximum atomic E-state index is 5.43. The third kappa shape index (κ3) is 1.99. The predicted octanol–water partition coefficient (Wildman–Crippen LogP) is 3.40. The molecule has 1 aromatic carbocycles. The van der Waals surface area contributed by atoms with Crippen molar-refractivity contribution in [3.05, 3.63) is 54.0 Å². The van der Waals surface area contributed by atoms with Crippen LogP contribution in [0, 0.1) is 6.92 Å². The first-order chi connectivity index (χ1) is 7.70. The van der Waals surface area contributed by atoms with Crippen LogP contribution in [0.3, 0.4) is 0 Å². The third-order valence-corrected chi connectivity index (χ3v) is 3.03. The van der Waals surface area contributed by atoms with Crippen molar-refractivity contribution in [2.24, 2.45) is 0 Å². The molecule has 0 radical (unpaired) electrons. The zero-order valence-electron chi connectivity index (χ0n) is 9.31. The molecule has 0 spiro atoms. The molecule has 0 aliphatic heterocycles. The summed E-state index contributed by atoms with van der Waals surface area (Å²) in [5, 5.41) is 0. The van der Waals surface area contributed by atoms with Crippen molar-refractivity contribution in [1.82, 2.24) is 0 Å². The maximum absolute atomic E-state index is 5.43. The van der Waals surface area contributed by atoms with Gasteiger partial charge >= 0.3 is 0 Å². The van der Waals surface area contributed by atoms with Gasteiger partial charge in [-0.3, -0.25) is 0 Å². The molecule has 1 aromatic heterocycles. The van der Waals surface area contributed by atoms with Crippen LogP contribution in [0.25, 0.3) is 0 Å². The number of nitrogens with zero attached hydrogens (tertiary/aromatic N) is 1. The Morgan fingerprint density at radius 3 is 2.44 bits per heavy atom. The molecule has 0 saturated carbocycles. The van der Waals surface area contributed by atoms with Gasteiger partial charge in [-0.1, -0.05) is 30.4 Å². The minimum atomic E-state index is 0.775. The van der Waals surface area contributed by atoms with E-state index in [-0.39, 0.29) is 0 Å². The Hall–Kier alpha value is -1.61. The molecule has 0 atom stereocenters. The minimum absolute atomic E-state index is 0.775. The number of furan rings is 1. The quantitative estimate of drug-likeness (QED) is 0.737. The molecule has 3 heteroatoms. The van der Waals surface area contributed by atoms with E-state index in [0.717, 1.165) is 22.0 Å². The van der Waals surface area contributed by atoms with Crippen LogP contribution in [0.15, 0.2) is 47.1 Å². The van der Waals surface area contributed by atoms with Gasteiger partial charge in [0, 0.05) is 12.7 Å². The summed E-state index contributed by atoms with van der Waals surface area (Å²) in [4.78, 5) is 2.75. The van der Waals surface area contributed by atoms with Crippen LogP contribution in [0.2, 0.25) is 0 Å². The molecule has 16 heavy (non-hydrogen) atoms. The normalized spacial score (nSPS) is 10.1. The van der Waals surface area contributed by atoms with Crippen LogP contribution < -0.4 is 4.90 Å². The van der Waals surface area contributed by atoms with Crippen molar-refractivity contribution in [1.29, 1.82) is 0 Å². The summed E-state index contributed by atoms with van der Waals surface area (Å²) >= 11 is 5.43. The van der Waals surface area contributed by atoms with Crippen LogP contribution in [-0.4, -0.2) is 12.0 Å². The largest absolute Gasteiger partial charge is 0.469 e. The van der Waals surface area contributed by atoms with Gasteiger partial charge in [0.1, 0.15) is 10.7 Å². The summed E-state index contributed by atoms with van der Waals surface area (Å²) in [6.07, 6.45) is 1.66. The van der Waals surface area contributed by atoms with Gasteiger partial charge in [-0.25, -0.2) is 0 Å². The van der Waals surface area contributed by atoms with E-state index in [4.69, 9.17) is 16.6 Å². The van der Waals surface area contributed by atoms with Crippen LogP contribution in [0.1, 0.15) is 11.3 Å². The van der Waals surface area contributed by atoms with Crippen LogP contribution in [0.5, 0.6) is 0 Å². The van der Waals surface area contributed by atoms with E-state index >= 15 is 0 Å². The summed E-state index contributed by atoms with van der Waals surface area (Å²) in [7, 11) is 1.96. The van der Waals surface area contributed by atoms with E-state index in [1.165, 1.54) is 0 Å². The molecule has 2 nitrogen and oxygen atoms in total. The second-order valence-corrected chi connectivity index (χ2v) is 3.98. The van der Waals surface area contributed by atoms with E-state index in [9.17, 15) is 0 Å². The van der Waals surface area contributed by atoms with Crippen molar-refractivity contribution in [3.8, 4) is 0 Å². The molecule has 0 aliphatic rings. The number of thiocarbonyl (C=S) groups is 1. The molecule has 2 aromatic rings. The monoisotopic (exact) mass is 231 g/mol. The van der Waals surface area contributed by atoms with E-state index in [1.54, 1.807) is 6.26 Å². The zero-order chi connectivity index (χ0) is 11.5. The van der Waals surface area contributed by atoms with Gasteiger partial charge in [0.2, 0.25) is 0 Å². The van der Waals surface area contributed by atoms with Gasteiger partial charge in [-0.05, 0) is 25.1 Å². The molecule has 0 bridgehead atoms. The SMILES string of the molecule is Cc1occc1C(=S)N(C)c1ccccc1. The Kier molecular flexibility index (Phi) is 3.06. The molecule has 0 amide bonds. The van der Waals surface area contributed by atoms with E-state index in [2.05, 4.69) is 0 Å². The number of anilines is 1. The molecule has 0 N–H and O–H groups in total. The highest BCUT2D eigenvalue weighted by Gasteiger charge is 2.12. The van der Waals surface area contributed by atoms with Crippen LogP contribution >= 0.6 is 12.2 Å². The summed E-state index contributed by atoms with van der Waals surface area (Å²) < 4.78 is 5.26. The first-order valence-corrected chi connectivity index (χ1v) is 5.48. The number of hydrogen-bond donors (Lipinski definition) is 0. The van der Waals surface area contributed by atoms with Gasteiger partial charge in [0.15, 0.2) is 0 Å². The third-order valence-electron chi connectivity index (χ3n) is 2.54. The average Bonchev–Trinajstić information content (AvgIpc) is 2.75. The number of hydrogen-bond acceptors (Lipinski definition) is 2. The molecule has 82 valence electrons. The smallest absolute Gasteiger partial charge is 0.116 e. The van der Waals surface area contributed by atoms with E-state index in [0.29, 0.717) is 0 Å². The summed E-state index contributed by atoms with van der Waals surface area (Å²) in [5.74, 6) is 0.854. The Morgan fingerprint density at radius 2 is 1.88 bits per heavy atom. The van der Waals surface area contributed by atoms with Crippen molar-refractivity contribution in [3.63, 3.8) is 0 Å². The lowest BCUT2D eigenvalue weighted by atomic mass is 10.2. The highest BCUT2D eigenvalue weighted by Crippen LogP contribution is 2.18. The van der Waals surface area contributed by atoms with Crippen molar-refractivity contribution in [2.45, 2.75) is 6.92 Å². The molecule has 2 rings (SSSR count). The van der Waals surface area contributed by atoms with Gasteiger partial charge in [0.05, 0.1) is 11.8 Å². The molecular formula is C13H13NOS. The fourth-order valence-electron chi connectivity index (χ4n) is 1.56. The van der Waals surface area contributed by atoms with Gasteiger partial charge in [-0.15, -0.1) is 0 Å². The van der Waals surface area contributed by atoms with Crippen molar-refractivity contribution >= 4 is 22.9 Å². The lowest BCUT2D eigenvalue weighted by Crippen LogP contribution is -2.25. The fraction of sp³-hybridized carbons (Fsp3) is 0.154. The number of rotatable bonds is 2. The fourth-order valence-corrected chi connectivity index (χ4v) is 1.87. The zero-order valence-corrected chi connectivity index (χ0v) is 10.1. The molecule has 0 unspecified atom stereocenters. The second-order valence-electron chi connectivity index (χ2n) is 3.59. The second kappa shape index (κ2) is 4.49. The molecule has 0 fully saturated rings. The van der Waals surface area contributed by atoms with Crippen LogP contribution in [-0.2, 0) is 0 Å². The summed E-state index contributed by atoms with van der Waals surface area (Å²) in [6.45, 7) is 1.92. The van der Waals surface area contributed by atoms with Crippen molar-refractivity contribution < 1.29 is 4.42 Å². The lowest BCUT2D eigenvalue weighted by molar-refractivity contribution is 0.533. The van der Waals surface area contributed by atoms with Gasteiger partial charge in [0.25, 0.3) is 0 Å². The predicted molar refractivity (Wildman–Crippen MR) is 70.0 cm³/mol. The molecular weight excluding hydrogens is 218 g/mol. The minimum Gasteiger partial charge on any atom is -0.469 e.